The van der Waals surface area contributed by atoms with Gasteiger partial charge in [0, 0.05) is 32.1 Å². The molecule has 0 spiro atoms. The molecule has 0 radical (unpaired) electrons. The van der Waals surface area contributed by atoms with Gasteiger partial charge in [-0.3, -0.25) is 4.79 Å². The van der Waals surface area contributed by atoms with Crippen molar-refractivity contribution in [3.63, 3.8) is 0 Å². The number of carbonyl (C=O) groups is 1. The second-order valence-corrected chi connectivity index (χ2v) is 9.27. The SMILES string of the molecule is CCS(=O)(=O)N1C[C@@H]2CN(C(=O)c3ccnnc3)C[C@]2(c2nc(C)no2)C1. The second kappa shape index (κ2) is 6.34. The van der Waals surface area contributed by atoms with Crippen molar-refractivity contribution >= 4 is 15.9 Å². The molecule has 0 unspecified atom stereocenters. The Hall–Kier alpha value is -2.40. The largest absolute Gasteiger partial charge is 0.339 e. The molecule has 144 valence electrons. The molecule has 2 aliphatic heterocycles. The molecule has 27 heavy (non-hydrogen) atoms. The fourth-order valence-corrected chi connectivity index (χ4v) is 5.17. The van der Waals surface area contributed by atoms with E-state index in [1.165, 1.54) is 16.7 Å². The lowest BCUT2D eigenvalue weighted by atomic mass is 9.81. The Morgan fingerprint density at radius 1 is 1.33 bits per heavy atom. The molecule has 0 bridgehead atoms. The first kappa shape index (κ1) is 18.0. The molecule has 0 N–H and O–H groups in total. The highest BCUT2D eigenvalue weighted by Crippen LogP contribution is 2.45. The number of aryl methyl sites for hydroxylation is 1. The summed E-state index contributed by atoms with van der Waals surface area (Å²) in [5.41, 5.74) is -0.250. The van der Waals surface area contributed by atoms with Gasteiger partial charge in [-0.1, -0.05) is 5.16 Å². The maximum atomic E-state index is 12.9. The van der Waals surface area contributed by atoms with Gasteiger partial charge in [-0.2, -0.15) is 15.2 Å². The van der Waals surface area contributed by atoms with E-state index in [-0.39, 0.29) is 24.1 Å². The Labute approximate surface area is 156 Å². The predicted octanol–water partition coefficient (Wildman–Crippen LogP) is -0.157. The number of hydrogen-bond acceptors (Lipinski definition) is 8. The predicted molar refractivity (Wildman–Crippen MR) is 93.2 cm³/mol. The molecular weight excluding hydrogens is 372 g/mol. The third kappa shape index (κ3) is 2.90. The van der Waals surface area contributed by atoms with Crippen LogP contribution in [-0.4, -0.2) is 75.8 Å². The Balaban J connectivity index is 1.68. The fourth-order valence-electron chi connectivity index (χ4n) is 3.97. The van der Waals surface area contributed by atoms with Gasteiger partial charge in [-0.25, -0.2) is 12.7 Å². The number of sulfonamides is 1. The molecule has 2 aromatic rings. The molecule has 2 saturated heterocycles. The van der Waals surface area contributed by atoms with E-state index >= 15 is 0 Å². The molecule has 2 aliphatic rings. The number of fused-ring (bicyclic) bond motifs is 1. The summed E-state index contributed by atoms with van der Waals surface area (Å²) in [5.74, 6) is 0.626. The summed E-state index contributed by atoms with van der Waals surface area (Å²) < 4.78 is 31.7. The number of rotatable bonds is 4. The molecule has 2 fully saturated rings. The van der Waals surface area contributed by atoms with Crippen LogP contribution in [0.25, 0.3) is 0 Å². The lowest BCUT2D eigenvalue weighted by molar-refractivity contribution is 0.0772. The van der Waals surface area contributed by atoms with Crippen LogP contribution in [0, 0.1) is 12.8 Å². The Morgan fingerprint density at radius 2 is 2.15 bits per heavy atom. The number of hydrogen-bond donors (Lipinski definition) is 0. The number of aromatic nitrogens is 4. The highest BCUT2D eigenvalue weighted by atomic mass is 32.2. The quantitative estimate of drug-likeness (QED) is 0.704. The highest BCUT2D eigenvalue weighted by Gasteiger charge is 2.59. The molecule has 10 nitrogen and oxygen atoms in total. The normalized spacial score (nSPS) is 25.7. The third-order valence-electron chi connectivity index (χ3n) is 5.41. The Bertz CT molecular complexity index is 962. The molecule has 0 aliphatic carbocycles. The summed E-state index contributed by atoms with van der Waals surface area (Å²) in [6, 6.07) is 1.61. The molecule has 1 amide bonds. The average Bonchev–Trinajstić information content (AvgIpc) is 3.34. The molecule has 11 heteroatoms. The minimum absolute atomic E-state index is 0.0317. The first-order valence-electron chi connectivity index (χ1n) is 8.70. The van der Waals surface area contributed by atoms with Crippen LogP contribution in [0.2, 0.25) is 0 Å². The first-order valence-corrected chi connectivity index (χ1v) is 10.3. The zero-order valence-electron chi connectivity index (χ0n) is 15.1. The highest BCUT2D eigenvalue weighted by molar-refractivity contribution is 7.89. The van der Waals surface area contributed by atoms with Gasteiger partial charge in [0.15, 0.2) is 5.82 Å². The van der Waals surface area contributed by atoms with E-state index < -0.39 is 15.4 Å². The van der Waals surface area contributed by atoms with Gasteiger partial charge in [0.2, 0.25) is 15.9 Å². The summed E-state index contributed by atoms with van der Waals surface area (Å²) >= 11 is 0. The first-order chi connectivity index (χ1) is 12.9. The van der Waals surface area contributed by atoms with Crippen molar-refractivity contribution in [3.05, 3.63) is 35.7 Å². The van der Waals surface area contributed by atoms with Crippen molar-refractivity contribution in [2.75, 3.05) is 31.9 Å². The van der Waals surface area contributed by atoms with Gasteiger partial charge in [0.25, 0.3) is 5.91 Å². The summed E-state index contributed by atoms with van der Waals surface area (Å²) in [6.45, 7) is 4.63. The van der Waals surface area contributed by atoms with Gasteiger partial charge in [-0.15, -0.1) is 0 Å². The third-order valence-corrected chi connectivity index (χ3v) is 7.20. The van der Waals surface area contributed by atoms with E-state index in [1.807, 2.05) is 0 Å². The second-order valence-electron chi connectivity index (χ2n) is 7.01. The van der Waals surface area contributed by atoms with Crippen LogP contribution in [0.4, 0.5) is 0 Å². The van der Waals surface area contributed by atoms with Gasteiger partial charge in [0.05, 0.1) is 29.1 Å². The van der Waals surface area contributed by atoms with Crippen molar-refractivity contribution in [1.82, 2.24) is 29.5 Å². The van der Waals surface area contributed by atoms with Crippen LogP contribution in [0.1, 0.15) is 29.0 Å². The van der Waals surface area contributed by atoms with Crippen molar-refractivity contribution in [1.29, 1.82) is 0 Å². The van der Waals surface area contributed by atoms with Crippen LogP contribution in [0.15, 0.2) is 23.0 Å². The molecule has 4 heterocycles. The lowest BCUT2D eigenvalue weighted by Gasteiger charge is -2.25. The molecule has 4 rings (SSSR count). The molecular formula is C16H20N6O4S. The van der Waals surface area contributed by atoms with Crippen LogP contribution in [-0.2, 0) is 15.4 Å². The van der Waals surface area contributed by atoms with Crippen molar-refractivity contribution < 1.29 is 17.7 Å². The molecule has 0 aromatic carbocycles. The summed E-state index contributed by atoms with van der Waals surface area (Å²) in [4.78, 5) is 18.9. The standard InChI is InChI=1S/C16H20N6O4S/c1-3-27(24,25)22-8-13-7-21(14(23)12-4-5-17-18-6-12)9-16(13,10-22)15-19-11(2)20-26-15/h4-6,13H,3,7-10H2,1-2H3/t13-,16-/m0/s1. The van der Waals surface area contributed by atoms with Gasteiger partial charge in [-0.05, 0) is 19.9 Å². The number of amides is 1. The van der Waals surface area contributed by atoms with Crippen LogP contribution >= 0.6 is 0 Å². The van der Waals surface area contributed by atoms with E-state index in [9.17, 15) is 13.2 Å². The summed E-state index contributed by atoms with van der Waals surface area (Å²) in [7, 11) is -3.35. The van der Waals surface area contributed by atoms with Gasteiger partial charge in [0.1, 0.15) is 0 Å². The Kier molecular flexibility index (Phi) is 4.22. The van der Waals surface area contributed by atoms with Gasteiger partial charge >= 0.3 is 0 Å². The fraction of sp³-hybridized carbons (Fsp3) is 0.562. The van der Waals surface area contributed by atoms with Crippen LogP contribution in [0.3, 0.4) is 0 Å². The zero-order chi connectivity index (χ0) is 19.2. The topological polar surface area (TPSA) is 122 Å². The van der Waals surface area contributed by atoms with E-state index in [1.54, 1.807) is 24.8 Å². The monoisotopic (exact) mass is 392 g/mol. The van der Waals surface area contributed by atoms with Crippen molar-refractivity contribution in [2.45, 2.75) is 19.3 Å². The molecule has 0 saturated carbocycles. The van der Waals surface area contributed by atoms with Crippen LogP contribution < -0.4 is 0 Å². The minimum atomic E-state index is -3.35. The minimum Gasteiger partial charge on any atom is -0.339 e. The van der Waals surface area contributed by atoms with E-state index in [2.05, 4.69) is 20.3 Å². The van der Waals surface area contributed by atoms with Crippen molar-refractivity contribution in [2.24, 2.45) is 5.92 Å². The molecule has 2 aromatic heterocycles. The van der Waals surface area contributed by atoms with Crippen LogP contribution in [0.5, 0.6) is 0 Å². The van der Waals surface area contributed by atoms with Crippen molar-refractivity contribution in [3.8, 4) is 0 Å². The number of likely N-dealkylation sites (tertiary alicyclic amines) is 1. The maximum Gasteiger partial charge on any atom is 0.255 e. The average molecular weight is 392 g/mol. The number of carbonyl (C=O) groups excluding carboxylic acids is 1. The lowest BCUT2D eigenvalue weighted by Crippen LogP contribution is -2.41. The van der Waals surface area contributed by atoms with Gasteiger partial charge < -0.3 is 9.42 Å². The Morgan fingerprint density at radius 3 is 2.78 bits per heavy atom. The van der Waals surface area contributed by atoms with E-state index in [4.69, 9.17) is 4.52 Å². The maximum absolute atomic E-state index is 12.9. The number of nitrogens with zero attached hydrogens (tertiary/aromatic N) is 6. The smallest absolute Gasteiger partial charge is 0.255 e. The van der Waals surface area contributed by atoms with E-state index in [0.29, 0.717) is 36.9 Å². The summed E-state index contributed by atoms with van der Waals surface area (Å²) in [5, 5.41) is 11.3. The van der Waals surface area contributed by atoms with E-state index in [0.717, 1.165) is 0 Å². The zero-order valence-corrected chi connectivity index (χ0v) is 15.9. The summed E-state index contributed by atoms with van der Waals surface area (Å²) in [6.07, 6.45) is 2.89. The molecule has 2 atom stereocenters.